The van der Waals surface area contributed by atoms with E-state index < -0.39 is 0 Å². The average Bonchev–Trinajstić information content (AvgIpc) is 2.77. The number of hydrogen-bond donors (Lipinski definition) is 2. The Morgan fingerprint density at radius 1 is 1.26 bits per heavy atom. The van der Waals surface area contributed by atoms with Crippen LogP contribution in [0.2, 0.25) is 0 Å². The van der Waals surface area contributed by atoms with E-state index in [1.54, 1.807) is 0 Å². The molecule has 1 aromatic heterocycles. The van der Waals surface area contributed by atoms with Gasteiger partial charge in [0, 0.05) is 29.2 Å². The molecule has 0 fully saturated rings. The SMILES string of the molecule is CCNC(=S)N/N=C\c1cc(C)n(-c2cccc(C)c2C)c1C. The smallest absolute Gasteiger partial charge is 0.186 e. The van der Waals surface area contributed by atoms with Crippen molar-refractivity contribution in [3.63, 3.8) is 0 Å². The first-order chi connectivity index (χ1) is 11.0. The maximum Gasteiger partial charge on any atom is 0.186 e. The van der Waals surface area contributed by atoms with Crippen molar-refractivity contribution in [3.8, 4) is 5.69 Å². The predicted octanol–water partition coefficient (Wildman–Crippen LogP) is 3.53. The molecule has 1 heterocycles. The molecule has 1 aromatic carbocycles. The minimum Gasteiger partial charge on any atom is -0.362 e. The molecule has 0 aliphatic rings. The van der Waals surface area contributed by atoms with Gasteiger partial charge in [-0.1, -0.05) is 12.1 Å². The van der Waals surface area contributed by atoms with E-state index in [9.17, 15) is 0 Å². The number of hydrogen-bond acceptors (Lipinski definition) is 2. The van der Waals surface area contributed by atoms with Gasteiger partial charge in [-0.25, -0.2) is 0 Å². The van der Waals surface area contributed by atoms with E-state index in [0.717, 1.165) is 17.8 Å². The number of rotatable bonds is 4. The number of hydrazone groups is 1. The molecule has 0 aliphatic carbocycles. The first kappa shape index (κ1) is 17.2. The summed E-state index contributed by atoms with van der Waals surface area (Å²) in [6, 6.07) is 8.53. The Balaban J connectivity index is 2.31. The summed E-state index contributed by atoms with van der Waals surface area (Å²) in [7, 11) is 0. The van der Waals surface area contributed by atoms with Crippen molar-refractivity contribution in [2.45, 2.75) is 34.6 Å². The Morgan fingerprint density at radius 2 is 2.00 bits per heavy atom. The van der Waals surface area contributed by atoms with Crippen molar-refractivity contribution in [3.05, 3.63) is 52.3 Å². The molecule has 0 unspecified atom stereocenters. The largest absolute Gasteiger partial charge is 0.362 e. The van der Waals surface area contributed by atoms with E-state index in [1.165, 1.54) is 22.5 Å². The second-order valence-corrected chi connectivity index (χ2v) is 6.02. The van der Waals surface area contributed by atoms with Gasteiger partial charge in [0.05, 0.1) is 6.21 Å². The van der Waals surface area contributed by atoms with Gasteiger partial charge < -0.3 is 9.88 Å². The van der Waals surface area contributed by atoms with Crippen LogP contribution in [-0.2, 0) is 0 Å². The van der Waals surface area contributed by atoms with Crippen LogP contribution in [0.3, 0.4) is 0 Å². The van der Waals surface area contributed by atoms with E-state index in [1.807, 2.05) is 13.1 Å². The van der Waals surface area contributed by atoms with Gasteiger partial charge in [-0.15, -0.1) is 0 Å². The Labute approximate surface area is 143 Å². The van der Waals surface area contributed by atoms with Crippen LogP contribution in [-0.4, -0.2) is 22.4 Å². The molecule has 5 heteroatoms. The zero-order chi connectivity index (χ0) is 17.0. The minimum atomic E-state index is 0.534. The van der Waals surface area contributed by atoms with Crippen molar-refractivity contribution < 1.29 is 0 Å². The highest BCUT2D eigenvalue weighted by molar-refractivity contribution is 7.80. The Bertz CT molecular complexity index is 744. The normalized spacial score (nSPS) is 11.0. The molecule has 0 radical (unpaired) electrons. The van der Waals surface area contributed by atoms with Crippen LogP contribution >= 0.6 is 12.2 Å². The maximum atomic E-state index is 5.10. The molecule has 0 aliphatic heterocycles. The van der Waals surface area contributed by atoms with Crippen molar-refractivity contribution in [2.24, 2.45) is 5.10 Å². The Hall–Kier alpha value is -2.14. The van der Waals surface area contributed by atoms with Crippen LogP contribution in [0.4, 0.5) is 0 Å². The molecular weight excluding hydrogens is 304 g/mol. The van der Waals surface area contributed by atoms with Crippen LogP contribution in [0, 0.1) is 27.7 Å². The van der Waals surface area contributed by atoms with Gasteiger partial charge in [0.25, 0.3) is 0 Å². The lowest BCUT2D eigenvalue weighted by molar-refractivity contribution is 0.903. The van der Waals surface area contributed by atoms with E-state index in [2.05, 4.69) is 72.4 Å². The molecule has 4 nitrogen and oxygen atoms in total. The first-order valence-electron chi connectivity index (χ1n) is 7.78. The lowest BCUT2D eigenvalue weighted by Crippen LogP contribution is -2.31. The van der Waals surface area contributed by atoms with Crippen LogP contribution in [0.5, 0.6) is 0 Å². The monoisotopic (exact) mass is 328 g/mol. The summed E-state index contributed by atoms with van der Waals surface area (Å²) in [5.74, 6) is 0. The number of benzene rings is 1. The summed E-state index contributed by atoms with van der Waals surface area (Å²) in [5, 5.41) is 7.76. The summed E-state index contributed by atoms with van der Waals surface area (Å²) in [6.07, 6.45) is 1.81. The van der Waals surface area contributed by atoms with Crippen LogP contribution in [0.25, 0.3) is 5.69 Å². The van der Waals surface area contributed by atoms with Gasteiger partial charge >= 0.3 is 0 Å². The highest BCUT2D eigenvalue weighted by atomic mass is 32.1. The van der Waals surface area contributed by atoms with Gasteiger partial charge in [-0.05, 0) is 70.1 Å². The summed E-state index contributed by atoms with van der Waals surface area (Å²) in [4.78, 5) is 0. The highest BCUT2D eigenvalue weighted by Crippen LogP contribution is 2.24. The Kier molecular flexibility index (Phi) is 5.55. The second kappa shape index (κ2) is 7.42. The molecule has 2 N–H and O–H groups in total. The first-order valence-corrected chi connectivity index (χ1v) is 8.19. The molecule has 0 saturated carbocycles. The van der Waals surface area contributed by atoms with E-state index in [0.29, 0.717) is 5.11 Å². The standard InChI is InChI=1S/C18H24N4S/c1-6-19-18(23)21-20-11-16-10-13(3)22(15(16)5)17-9-7-8-12(2)14(17)4/h7-11H,6H2,1-5H3,(H2,19,21,23)/b20-11-. The molecule has 2 aromatic rings. The number of thiocarbonyl (C=S) groups is 1. The van der Waals surface area contributed by atoms with Crippen molar-refractivity contribution >= 4 is 23.5 Å². The molecule has 2 rings (SSSR count). The van der Waals surface area contributed by atoms with Gasteiger partial charge in [-0.2, -0.15) is 5.10 Å². The molecular formula is C18H24N4S. The van der Waals surface area contributed by atoms with Crippen LogP contribution in [0.15, 0.2) is 29.4 Å². The maximum absolute atomic E-state index is 5.10. The van der Waals surface area contributed by atoms with Gasteiger partial charge in [-0.3, -0.25) is 5.43 Å². The number of nitrogens with one attached hydrogen (secondary N) is 2. The summed E-state index contributed by atoms with van der Waals surface area (Å²) in [5.41, 5.74) is 10.1. The zero-order valence-electron chi connectivity index (χ0n) is 14.4. The third-order valence-corrected chi connectivity index (χ3v) is 4.23. The fourth-order valence-electron chi connectivity index (χ4n) is 2.63. The van der Waals surface area contributed by atoms with E-state index >= 15 is 0 Å². The van der Waals surface area contributed by atoms with E-state index in [4.69, 9.17) is 12.2 Å². The van der Waals surface area contributed by atoms with Crippen LogP contribution in [0.1, 0.15) is 35.0 Å². The lowest BCUT2D eigenvalue weighted by atomic mass is 10.1. The third-order valence-electron chi connectivity index (χ3n) is 3.99. The molecule has 0 saturated heterocycles. The molecule has 122 valence electrons. The van der Waals surface area contributed by atoms with Crippen molar-refractivity contribution in [1.29, 1.82) is 0 Å². The quantitative estimate of drug-likeness (QED) is 0.512. The fraction of sp³-hybridized carbons (Fsp3) is 0.333. The van der Waals surface area contributed by atoms with Gasteiger partial charge in [0.15, 0.2) is 5.11 Å². The molecule has 0 amide bonds. The summed E-state index contributed by atoms with van der Waals surface area (Å²) >= 11 is 5.10. The van der Waals surface area contributed by atoms with E-state index in [-0.39, 0.29) is 0 Å². The third kappa shape index (κ3) is 3.79. The van der Waals surface area contributed by atoms with Crippen LogP contribution < -0.4 is 10.7 Å². The fourth-order valence-corrected chi connectivity index (χ4v) is 2.82. The number of nitrogens with zero attached hydrogens (tertiary/aromatic N) is 2. The number of aromatic nitrogens is 1. The Morgan fingerprint density at radius 3 is 2.70 bits per heavy atom. The minimum absolute atomic E-state index is 0.534. The molecule has 0 atom stereocenters. The van der Waals surface area contributed by atoms with Crippen molar-refractivity contribution in [1.82, 2.24) is 15.3 Å². The molecule has 0 spiro atoms. The highest BCUT2D eigenvalue weighted by Gasteiger charge is 2.11. The summed E-state index contributed by atoms with van der Waals surface area (Å²) in [6.45, 7) is 11.3. The summed E-state index contributed by atoms with van der Waals surface area (Å²) < 4.78 is 2.27. The zero-order valence-corrected chi connectivity index (χ0v) is 15.2. The lowest BCUT2D eigenvalue weighted by Gasteiger charge is -2.14. The second-order valence-electron chi connectivity index (χ2n) is 5.61. The van der Waals surface area contributed by atoms with Crippen molar-refractivity contribution in [2.75, 3.05) is 6.54 Å². The topological polar surface area (TPSA) is 41.4 Å². The van der Waals surface area contributed by atoms with Gasteiger partial charge in [0.1, 0.15) is 0 Å². The molecule has 0 bridgehead atoms. The number of aryl methyl sites for hydroxylation is 2. The predicted molar refractivity (Wildman–Crippen MR) is 102 cm³/mol. The van der Waals surface area contributed by atoms with Gasteiger partial charge in [0.2, 0.25) is 0 Å². The average molecular weight is 328 g/mol. The molecule has 23 heavy (non-hydrogen) atoms.